The number of benzene rings is 3. The Bertz CT molecular complexity index is 1150. The summed E-state index contributed by atoms with van der Waals surface area (Å²) in [6, 6.07) is 23.4. The molecule has 144 valence electrons. The van der Waals surface area contributed by atoms with Gasteiger partial charge in [0.15, 0.2) is 0 Å². The average Bonchev–Trinajstić information content (AvgIpc) is 2.75. The van der Waals surface area contributed by atoms with Crippen LogP contribution in [0.15, 0.2) is 84.3 Å². The Balaban J connectivity index is 1.48. The van der Waals surface area contributed by atoms with Crippen LogP contribution in [0.4, 0.5) is 11.5 Å². The zero-order valence-corrected chi connectivity index (χ0v) is 16.6. The van der Waals surface area contributed by atoms with E-state index in [4.69, 9.17) is 16.4 Å². The first-order chi connectivity index (χ1) is 14.2. The molecule has 4 aromatic rings. The predicted molar refractivity (Wildman–Crippen MR) is 118 cm³/mol. The van der Waals surface area contributed by atoms with Crippen molar-refractivity contribution in [3.05, 3.63) is 95.3 Å². The second-order valence-corrected chi connectivity index (χ2v) is 6.96. The first-order valence-electron chi connectivity index (χ1n) is 9.17. The summed E-state index contributed by atoms with van der Waals surface area (Å²) in [4.78, 5) is 14.2. The number of fused-ring (bicyclic) bond motifs is 1. The minimum atomic E-state index is 0.388. The molecule has 1 heterocycles. The van der Waals surface area contributed by atoms with Crippen LogP contribution < -0.4 is 5.32 Å². The standard InChI is InChI=1S/C23H19ClN4O/c1-16(28-29-14-17-9-11-19(24)12-10-17)18-5-4-6-20(13-18)27-23-21-7-2-3-8-22(21)25-15-26-23/h2-13,15H,14H2,1H3,(H,25,26,27). The van der Waals surface area contributed by atoms with Gasteiger partial charge in [-0.1, -0.05) is 53.2 Å². The summed E-state index contributed by atoms with van der Waals surface area (Å²) in [6.45, 7) is 2.31. The van der Waals surface area contributed by atoms with E-state index in [0.29, 0.717) is 11.6 Å². The van der Waals surface area contributed by atoms with E-state index in [-0.39, 0.29) is 0 Å². The van der Waals surface area contributed by atoms with Crippen molar-refractivity contribution >= 4 is 39.7 Å². The zero-order valence-electron chi connectivity index (χ0n) is 15.8. The maximum atomic E-state index is 5.90. The molecule has 0 bridgehead atoms. The molecule has 1 N–H and O–H groups in total. The summed E-state index contributed by atoms with van der Waals surface area (Å²) in [6.07, 6.45) is 1.56. The van der Waals surface area contributed by atoms with E-state index >= 15 is 0 Å². The minimum Gasteiger partial charge on any atom is -0.391 e. The monoisotopic (exact) mass is 402 g/mol. The van der Waals surface area contributed by atoms with Crippen LogP contribution in [-0.4, -0.2) is 15.7 Å². The van der Waals surface area contributed by atoms with Gasteiger partial charge in [-0.3, -0.25) is 0 Å². The summed E-state index contributed by atoms with van der Waals surface area (Å²) in [5.41, 5.74) is 4.57. The van der Waals surface area contributed by atoms with Gasteiger partial charge in [-0.15, -0.1) is 0 Å². The number of aromatic nitrogens is 2. The van der Waals surface area contributed by atoms with Gasteiger partial charge >= 0.3 is 0 Å². The van der Waals surface area contributed by atoms with Crippen LogP contribution in [0.3, 0.4) is 0 Å². The Morgan fingerprint density at radius 1 is 1.00 bits per heavy atom. The third-order valence-corrected chi connectivity index (χ3v) is 4.68. The SMILES string of the molecule is CC(=NOCc1ccc(Cl)cc1)c1cccc(Nc2ncnc3ccccc23)c1. The third kappa shape index (κ3) is 4.70. The molecule has 0 saturated carbocycles. The van der Waals surface area contributed by atoms with Crippen LogP contribution in [0, 0.1) is 0 Å². The minimum absolute atomic E-state index is 0.388. The molecule has 0 aliphatic heterocycles. The maximum Gasteiger partial charge on any atom is 0.142 e. The molecule has 0 radical (unpaired) electrons. The van der Waals surface area contributed by atoms with Crippen molar-refractivity contribution in [1.82, 2.24) is 9.97 Å². The van der Waals surface area contributed by atoms with E-state index < -0.39 is 0 Å². The normalized spacial score (nSPS) is 11.4. The molecule has 6 heteroatoms. The fraction of sp³-hybridized carbons (Fsp3) is 0.0870. The summed E-state index contributed by atoms with van der Waals surface area (Å²) in [5.74, 6) is 0.765. The number of anilines is 2. The third-order valence-electron chi connectivity index (χ3n) is 4.43. The van der Waals surface area contributed by atoms with Crippen LogP contribution >= 0.6 is 11.6 Å². The first-order valence-corrected chi connectivity index (χ1v) is 9.55. The van der Waals surface area contributed by atoms with Crippen LogP contribution in [0.5, 0.6) is 0 Å². The first kappa shape index (κ1) is 18.9. The number of nitrogens with one attached hydrogen (secondary N) is 1. The Labute approximate surface area is 174 Å². The lowest BCUT2D eigenvalue weighted by Gasteiger charge is -2.10. The lowest BCUT2D eigenvalue weighted by atomic mass is 10.1. The molecule has 3 aromatic carbocycles. The van der Waals surface area contributed by atoms with E-state index in [1.165, 1.54) is 0 Å². The molecule has 0 aliphatic rings. The molecule has 0 amide bonds. The van der Waals surface area contributed by atoms with Gasteiger partial charge in [-0.05, 0) is 48.9 Å². The van der Waals surface area contributed by atoms with E-state index in [0.717, 1.165) is 39.2 Å². The van der Waals surface area contributed by atoms with Crippen molar-refractivity contribution in [3.8, 4) is 0 Å². The van der Waals surface area contributed by atoms with Gasteiger partial charge in [0.2, 0.25) is 0 Å². The van der Waals surface area contributed by atoms with Crippen molar-refractivity contribution in [2.45, 2.75) is 13.5 Å². The second-order valence-electron chi connectivity index (χ2n) is 6.52. The fourth-order valence-electron chi connectivity index (χ4n) is 2.90. The number of rotatable bonds is 6. The lowest BCUT2D eigenvalue weighted by molar-refractivity contribution is 0.130. The number of para-hydroxylation sites is 1. The predicted octanol–water partition coefficient (Wildman–Crippen LogP) is 5.97. The van der Waals surface area contributed by atoms with Gasteiger partial charge in [-0.2, -0.15) is 0 Å². The van der Waals surface area contributed by atoms with Gasteiger partial charge in [-0.25, -0.2) is 9.97 Å². The molecule has 0 aliphatic carbocycles. The number of halogens is 1. The van der Waals surface area contributed by atoms with E-state index in [1.807, 2.05) is 79.7 Å². The van der Waals surface area contributed by atoms with Crippen LogP contribution in [0.2, 0.25) is 5.02 Å². The second kappa shape index (κ2) is 8.71. The molecule has 29 heavy (non-hydrogen) atoms. The van der Waals surface area contributed by atoms with Crippen molar-refractivity contribution in [1.29, 1.82) is 0 Å². The molecule has 5 nitrogen and oxygen atoms in total. The Morgan fingerprint density at radius 2 is 1.83 bits per heavy atom. The van der Waals surface area contributed by atoms with Crippen molar-refractivity contribution in [2.24, 2.45) is 5.16 Å². The average molecular weight is 403 g/mol. The van der Waals surface area contributed by atoms with Gasteiger partial charge < -0.3 is 10.2 Å². The van der Waals surface area contributed by atoms with E-state index in [2.05, 4.69) is 20.4 Å². The maximum absolute atomic E-state index is 5.90. The highest BCUT2D eigenvalue weighted by Crippen LogP contribution is 2.23. The van der Waals surface area contributed by atoms with Crippen LogP contribution in [-0.2, 0) is 11.4 Å². The highest BCUT2D eigenvalue weighted by molar-refractivity contribution is 6.30. The Morgan fingerprint density at radius 3 is 2.69 bits per heavy atom. The molecule has 4 rings (SSSR count). The van der Waals surface area contributed by atoms with Crippen LogP contribution in [0.1, 0.15) is 18.1 Å². The van der Waals surface area contributed by atoms with Gasteiger partial charge in [0, 0.05) is 21.7 Å². The fourth-order valence-corrected chi connectivity index (χ4v) is 3.03. The van der Waals surface area contributed by atoms with E-state index in [1.54, 1.807) is 6.33 Å². The largest absolute Gasteiger partial charge is 0.391 e. The Kier molecular flexibility index (Phi) is 5.68. The van der Waals surface area contributed by atoms with Gasteiger partial charge in [0.25, 0.3) is 0 Å². The molecule has 0 fully saturated rings. The van der Waals surface area contributed by atoms with Gasteiger partial charge in [0.05, 0.1) is 11.2 Å². The van der Waals surface area contributed by atoms with Crippen LogP contribution in [0.25, 0.3) is 10.9 Å². The van der Waals surface area contributed by atoms with Crippen molar-refractivity contribution in [3.63, 3.8) is 0 Å². The summed E-state index contributed by atoms with van der Waals surface area (Å²) in [7, 11) is 0. The van der Waals surface area contributed by atoms with Crippen molar-refractivity contribution in [2.75, 3.05) is 5.32 Å². The molecular formula is C23H19ClN4O. The number of oxime groups is 1. The molecule has 0 spiro atoms. The summed E-state index contributed by atoms with van der Waals surface area (Å²) >= 11 is 5.90. The number of hydrogen-bond acceptors (Lipinski definition) is 5. The summed E-state index contributed by atoms with van der Waals surface area (Å²) in [5, 5.41) is 9.28. The Hall–Kier alpha value is -3.44. The zero-order chi connectivity index (χ0) is 20.1. The highest BCUT2D eigenvalue weighted by atomic mass is 35.5. The molecular weight excluding hydrogens is 384 g/mol. The number of hydrogen-bond donors (Lipinski definition) is 1. The smallest absolute Gasteiger partial charge is 0.142 e. The number of nitrogens with zero attached hydrogens (tertiary/aromatic N) is 3. The molecule has 0 saturated heterocycles. The van der Waals surface area contributed by atoms with Crippen molar-refractivity contribution < 1.29 is 4.84 Å². The summed E-state index contributed by atoms with van der Waals surface area (Å²) < 4.78 is 0. The highest BCUT2D eigenvalue weighted by Gasteiger charge is 2.05. The molecule has 1 aromatic heterocycles. The molecule has 0 unspecified atom stereocenters. The van der Waals surface area contributed by atoms with Gasteiger partial charge in [0.1, 0.15) is 18.8 Å². The lowest BCUT2D eigenvalue weighted by Crippen LogP contribution is -2.00. The quantitative estimate of drug-likeness (QED) is 0.319. The van der Waals surface area contributed by atoms with E-state index in [9.17, 15) is 0 Å². The topological polar surface area (TPSA) is 59.4 Å². The molecule has 0 atom stereocenters.